The Labute approximate surface area is 135 Å². The Morgan fingerprint density at radius 2 is 1.30 bits per heavy atom. The molecule has 0 aliphatic heterocycles. The first-order valence-corrected chi connectivity index (χ1v) is 7.24. The van der Waals surface area contributed by atoms with Gasteiger partial charge in [-0.2, -0.15) is 0 Å². The fourth-order valence-electron chi connectivity index (χ4n) is 2.12. The Morgan fingerprint density at radius 3 is 1.70 bits per heavy atom. The molecule has 0 amide bonds. The largest absolute Gasteiger partial charge is 0.478 e. The summed E-state index contributed by atoms with van der Waals surface area (Å²) in [5.41, 5.74) is 3.00. The zero-order valence-corrected chi connectivity index (χ0v) is 12.9. The molecule has 0 fully saturated rings. The monoisotopic (exact) mass is 310 g/mol. The highest BCUT2D eigenvalue weighted by Crippen LogP contribution is 2.08. The van der Waals surface area contributed by atoms with Gasteiger partial charge in [-0.15, -0.1) is 0 Å². The highest BCUT2D eigenvalue weighted by atomic mass is 16.5. The van der Waals surface area contributed by atoms with Gasteiger partial charge in [-0.1, -0.05) is 36.4 Å². The number of hydrogen-bond acceptors (Lipinski definition) is 3. The molecule has 0 aliphatic carbocycles. The quantitative estimate of drug-likeness (QED) is 0.655. The number of allylic oxidation sites excluding steroid dienone is 2. The summed E-state index contributed by atoms with van der Waals surface area (Å²) in [6.07, 6.45) is 5.62. The van der Waals surface area contributed by atoms with E-state index in [1.807, 2.05) is 30.3 Å². The minimum absolute atomic E-state index is 0.295. The van der Waals surface area contributed by atoms with E-state index in [2.05, 4.69) is 10.8 Å². The molecule has 0 bridgehead atoms. The smallest absolute Gasteiger partial charge is 0.337 e. The van der Waals surface area contributed by atoms with Crippen LogP contribution in [0, 0.1) is 0 Å². The van der Waals surface area contributed by atoms with Crippen LogP contribution in [-0.2, 0) is 17.6 Å². The minimum atomic E-state index is -0.914. The van der Waals surface area contributed by atoms with Crippen molar-refractivity contribution in [2.24, 2.45) is 0 Å². The van der Waals surface area contributed by atoms with Crippen LogP contribution >= 0.6 is 0 Å². The van der Waals surface area contributed by atoms with Crippen LogP contribution < -0.4 is 0 Å². The second-order valence-corrected chi connectivity index (χ2v) is 5.07. The molecule has 2 rings (SSSR count). The molecule has 2 aromatic carbocycles. The van der Waals surface area contributed by atoms with Gasteiger partial charge in [0.15, 0.2) is 0 Å². The van der Waals surface area contributed by atoms with Gasteiger partial charge >= 0.3 is 11.9 Å². The topological polar surface area (TPSA) is 63.6 Å². The molecule has 0 spiro atoms. The maximum atomic E-state index is 11.3. The van der Waals surface area contributed by atoms with Crippen molar-refractivity contribution in [2.45, 2.75) is 12.8 Å². The van der Waals surface area contributed by atoms with Crippen molar-refractivity contribution in [2.75, 3.05) is 7.11 Å². The third kappa shape index (κ3) is 4.81. The number of carboxylic acid groups (broad SMARTS) is 1. The van der Waals surface area contributed by atoms with Crippen molar-refractivity contribution in [3.63, 3.8) is 0 Å². The lowest BCUT2D eigenvalue weighted by molar-refractivity contribution is 0.0599. The molecule has 0 heterocycles. The van der Waals surface area contributed by atoms with Crippen LogP contribution in [-0.4, -0.2) is 24.2 Å². The molecular formula is C19H18O4. The van der Waals surface area contributed by atoms with E-state index in [1.54, 1.807) is 24.3 Å². The number of ether oxygens (including phenoxy) is 1. The van der Waals surface area contributed by atoms with Crippen LogP contribution in [0.5, 0.6) is 0 Å². The summed E-state index contributed by atoms with van der Waals surface area (Å²) in [6, 6.07) is 14.2. The number of methoxy groups -OCH3 is 1. The first-order chi connectivity index (χ1) is 11.1. The summed E-state index contributed by atoms with van der Waals surface area (Å²) in [6.45, 7) is 0. The average Bonchev–Trinajstić information content (AvgIpc) is 2.59. The van der Waals surface area contributed by atoms with Gasteiger partial charge in [0.05, 0.1) is 18.2 Å². The van der Waals surface area contributed by atoms with Crippen LogP contribution in [0.25, 0.3) is 0 Å². The van der Waals surface area contributed by atoms with Gasteiger partial charge in [0.1, 0.15) is 0 Å². The predicted octanol–water partition coefficient (Wildman–Crippen LogP) is 3.51. The summed E-state index contributed by atoms with van der Waals surface area (Å²) in [4.78, 5) is 22.1. The Morgan fingerprint density at radius 1 is 0.870 bits per heavy atom. The van der Waals surface area contributed by atoms with Gasteiger partial charge in [0.25, 0.3) is 0 Å². The molecule has 4 heteroatoms. The van der Waals surface area contributed by atoms with Gasteiger partial charge in [-0.3, -0.25) is 0 Å². The molecule has 0 saturated heterocycles. The fourth-order valence-corrected chi connectivity index (χ4v) is 2.12. The zero-order chi connectivity index (χ0) is 16.7. The number of hydrogen-bond donors (Lipinski definition) is 1. The fraction of sp³-hybridized carbons (Fsp3) is 0.158. The predicted molar refractivity (Wildman–Crippen MR) is 87.7 cm³/mol. The van der Waals surface area contributed by atoms with Gasteiger partial charge in [-0.25, -0.2) is 9.59 Å². The molecule has 0 aliphatic rings. The third-order valence-corrected chi connectivity index (χ3v) is 3.45. The Bertz CT molecular complexity index is 697. The Kier molecular flexibility index (Phi) is 5.69. The van der Waals surface area contributed by atoms with E-state index < -0.39 is 5.97 Å². The number of carbonyl (C=O) groups is 2. The second-order valence-electron chi connectivity index (χ2n) is 5.07. The molecule has 1 N–H and O–H groups in total. The highest BCUT2D eigenvalue weighted by Gasteiger charge is 2.03. The third-order valence-electron chi connectivity index (χ3n) is 3.45. The molecule has 0 saturated carbocycles. The van der Waals surface area contributed by atoms with Crippen molar-refractivity contribution < 1.29 is 19.4 Å². The average molecular weight is 310 g/mol. The van der Waals surface area contributed by atoms with Crippen molar-refractivity contribution in [1.29, 1.82) is 0 Å². The van der Waals surface area contributed by atoms with Crippen molar-refractivity contribution in [3.05, 3.63) is 82.9 Å². The van der Waals surface area contributed by atoms with Crippen LogP contribution in [0.1, 0.15) is 31.8 Å². The Balaban J connectivity index is 1.86. The van der Waals surface area contributed by atoms with E-state index in [-0.39, 0.29) is 5.97 Å². The highest BCUT2D eigenvalue weighted by molar-refractivity contribution is 5.89. The number of benzene rings is 2. The van der Waals surface area contributed by atoms with E-state index in [0.717, 1.165) is 24.0 Å². The standard InChI is InChI=1S/C19H18O4/c1-23-19(22)17-12-8-15(9-13-17)5-3-2-4-14-6-10-16(11-7-14)18(20)21/h2-3,6-13H,4-5H2,1H3,(H,20,21)/b3-2+. The van der Waals surface area contributed by atoms with Crippen LogP contribution in [0.2, 0.25) is 0 Å². The zero-order valence-electron chi connectivity index (χ0n) is 12.9. The Hall–Kier alpha value is -2.88. The van der Waals surface area contributed by atoms with Crippen LogP contribution in [0.15, 0.2) is 60.7 Å². The maximum absolute atomic E-state index is 11.3. The van der Waals surface area contributed by atoms with Crippen LogP contribution in [0.4, 0.5) is 0 Å². The molecule has 0 unspecified atom stereocenters. The molecular weight excluding hydrogens is 292 g/mol. The number of carboxylic acids is 1. The maximum Gasteiger partial charge on any atom is 0.337 e. The molecule has 0 radical (unpaired) electrons. The number of rotatable bonds is 6. The van der Waals surface area contributed by atoms with E-state index >= 15 is 0 Å². The lowest BCUT2D eigenvalue weighted by atomic mass is 10.1. The minimum Gasteiger partial charge on any atom is -0.478 e. The molecule has 23 heavy (non-hydrogen) atoms. The normalized spacial score (nSPS) is 10.7. The first-order valence-electron chi connectivity index (χ1n) is 7.24. The number of esters is 1. The molecule has 0 atom stereocenters. The van der Waals surface area contributed by atoms with Gasteiger partial charge in [0, 0.05) is 0 Å². The van der Waals surface area contributed by atoms with Crippen molar-refractivity contribution >= 4 is 11.9 Å². The number of carbonyl (C=O) groups excluding carboxylic acids is 1. The lowest BCUT2D eigenvalue weighted by Gasteiger charge is -2.01. The SMILES string of the molecule is COC(=O)c1ccc(C/C=C/Cc2ccc(C(=O)O)cc2)cc1. The van der Waals surface area contributed by atoms with E-state index in [1.165, 1.54) is 7.11 Å². The van der Waals surface area contributed by atoms with Gasteiger partial charge < -0.3 is 9.84 Å². The number of aromatic carboxylic acids is 1. The molecule has 0 aromatic heterocycles. The van der Waals surface area contributed by atoms with Crippen LogP contribution in [0.3, 0.4) is 0 Å². The lowest BCUT2D eigenvalue weighted by Crippen LogP contribution is -2.00. The van der Waals surface area contributed by atoms with Crippen molar-refractivity contribution in [1.82, 2.24) is 0 Å². The molecule has 2 aromatic rings. The summed E-state index contributed by atoms with van der Waals surface area (Å²) in [5, 5.41) is 8.84. The van der Waals surface area contributed by atoms with Gasteiger partial charge in [-0.05, 0) is 48.2 Å². The van der Waals surface area contributed by atoms with Crippen molar-refractivity contribution in [3.8, 4) is 0 Å². The first kappa shape index (κ1) is 16.5. The van der Waals surface area contributed by atoms with E-state index in [0.29, 0.717) is 11.1 Å². The summed E-state index contributed by atoms with van der Waals surface area (Å²) in [5.74, 6) is -1.25. The second kappa shape index (κ2) is 7.94. The summed E-state index contributed by atoms with van der Waals surface area (Å²) in [7, 11) is 1.36. The summed E-state index contributed by atoms with van der Waals surface area (Å²) >= 11 is 0. The molecule has 4 nitrogen and oxygen atoms in total. The van der Waals surface area contributed by atoms with Gasteiger partial charge in [0.2, 0.25) is 0 Å². The molecule has 118 valence electrons. The van der Waals surface area contributed by atoms with E-state index in [4.69, 9.17) is 5.11 Å². The summed E-state index contributed by atoms with van der Waals surface area (Å²) < 4.78 is 4.66. The van der Waals surface area contributed by atoms with E-state index in [9.17, 15) is 9.59 Å².